The predicted molar refractivity (Wildman–Crippen MR) is 65.7 cm³/mol. The van der Waals surface area contributed by atoms with Gasteiger partial charge in [0.05, 0.1) is 6.04 Å². The summed E-state index contributed by atoms with van der Waals surface area (Å²) in [7, 11) is 0. The summed E-state index contributed by atoms with van der Waals surface area (Å²) >= 11 is 0. The molecule has 0 saturated heterocycles. The van der Waals surface area contributed by atoms with E-state index in [4.69, 9.17) is 5.73 Å². The number of rotatable bonds is 9. The van der Waals surface area contributed by atoms with Gasteiger partial charge in [-0.25, -0.2) is 0 Å². The van der Waals surface area contributed by atoms with Crippen molar-refractivity contribution in [2.45, 2.75) is 58.4 Å². The van der Waals surface area contributed by atoms with Gasteiger partial charge < -0.3 is 5.73 Å². The third-order valence-corrected chi connectivity index (χ3v) is 2.47. The smallest absolute Gasteiger partial charge is 0.149 e. The number of hydrogen-bond acceptors (Lipinski definition) is 2. The number of Topliss-reactive ketones (excluding diaryl/α,β-unsaturated/α-hetero) is 1. The fraction of sp³-hybridized carbons (Fsp3) is 0.769. The van der Waals surface area contributed by atoms with Gasteiger partial charge in [0, 0.05) is 6.42 Å². The van der Waals surface area contributed by atoms with E-state index in [0.717, 1.165) is 32.1 Å². The maximum absolute atomic E-state index is 11.6. The zero-order valence-electron chi connectivity index (χ0n) is 10.2. The van der Waals surface area contributed by atoms with E-state index in [9.17, 15) is 4.79 Å². The minimum absolute atomic E-state index is 0.224. The summed E-state index contributed by atoms with van der Waals surface area (Å²) in [6, 6.07) is -0.246. The fourth-order valence-electron chi connectivity index (χ4n) is 1.59. The Kier molecular flexibility index (Phi) is 8.30. The number of nitrogens with two attached hydrogens (primary N) is 1. The minimum Gasteiger partial charge on any atom is -0.322 e. The highest BCUT2D eigenvalue weighted by molar-refractivity contribution is 5.83. The van der Waals surface area contributed by atoms with Crippen molar-refractivity contribution < 1.29 is 4.79 Å². The Bertz CT molecular complexity index is 187. The van der Waals surface area contributed by atoms with Gasteiger partial charge in [-0.1, -0.05) is 26.3 Å². The molecule has 0 aromatic heterocycles. The predicted octanol–water partition coefficient (Wildman–Crippen LogP) is 3.07. The summed E-state index contributed by atoms with van der Waals surface area (Å²) in [5.74, 6) is 0.729. The molecule has 2 N–H and O–H groups in total. The van der Waals surface area contributed by atoms with E-state index >= 15 is 0 Å². The summed E-state index contributed by atoms with van der Waals surface area (Å²) in [5.41, 5.74) is 5.79. The maximum Gasteiger partial charge on any atom is 0.149 e. The molecule has 88 valence electrons. The normalized spacial score (nSPS) is 12.8. The van der Waals surface area contributed by atoms with Crippen LogP contribution in [-0.2, 0) is 4.79 Å². The molecule has 2 nitrogen and oxygen atoms in total. The van der Waals surface area contributed by atoms with Crippen LogP contribution in [0.25, 0.3) is 0 Å². The molecule has 0 radical (unpaired) electrons. The molecule has 0 amide bonds. The zero-order valence-corrected chi connectivity index (χ0v) is 10.2. The van der Waals surface area contributed by atoms with Gasteiger partial charge in [-0.3, -0.25) is 4.79 Å². The molecule has 0 saturated carbocycles. The summed E-state index contributed by atoms with van der Waals surface area (Å²) in [4.78, 5) is 11.6. The average Bonchev–Trinajstić information content (AvgIpc) is 2.16. The van der Waals surface area contributed by atoms with Crippen LogP contribution in [0.3, 0.4) is 0 Å². The van der Waals surface area contributed by atoms with Gasteiger partial charge in [-0.15, -0.1) is 6.58 Å². The molecule has 0 aliphatic carbocycles. The summed E-state index contributed by atoms with van der Waals surface area (Å²) in [6.07, 6.45) is 7.63. The van der Waals surface area contributed by atoms with Crippen LogP contribution in [0.15, 0.2) is 12.7 Å². The monoisotopic (exact) mass is 211 g/mol. The first-order valence-corrected chi connectivity index (χ1v) is 5.97. The van der Waals surface area contributed by atoms with Gasteiger partial charge in [-0.2, -0.15) is 0 Å². The third kappa shape index (κ3) is 8.37. The van der Waals surface area contributed by atoms with Crippen LogP contribution in [0.4, 0.5) is 0 Å². The van der Waals surface area contributed by atoms with Gasteiger partial charge in [0.25, 0.3) is 0 Å². The molecule has 2 heteroatoms. The second kappa shape index (κ2) is 8.66. The molecule has 15 heavy (non-hydrogen) atoms. The van der Waals surface area contributed by atoms with Gasteiger partial charge in [0.1, 0.15) is 5.78 Å². The lowest BCUT2D eigenvalue weighted by molar-refractivity contribution is -0.120. The second-order valence-corrected chi connectivity index (χ2v) is 4.59. The lowest BCUT2D eigenvalue weighted by Crippen LogP contribution is -2.31. The van der Waals surface area contributed by atoms with Gasteiger partial charge in [0.15, 0.2) is 0 Å². The molecule has 0 spiro atoms. The molecule has 0 rings (SSSR count). The lowest BCUT2D eigenvalue weighted by Gasteiger charge is -2.12. The van der Waals surface area contributed by atoms with Crippen LogP contribution < -0.4 is 5.73 Å². The number of hydrogen-bond donors (Lipinski definition) is 1. The van der Waals surface area contributed by atoms with Gasteiger partial charge in [0.2, 0.25) is 0 Å². The van der Waals surface area contributed by atoms with Crippen LogP contribution in [0.1, 0.15) is 52.4 Å². The standard InChI is InChI=1S/C13H25NO/c1-4-5-6-7-8-9-13(15)12(14)10-11(2)3/h4,11-12H,1,5-10,14H2,2-3H3. The molecule has 0 fully saturated rings. The molecule has 0 aromatic carbocycles. The highest BCUT2D eigenvalue weighted by Crippen LogP contribution is 2.09. The van der Waals surface area contributed by atoms with Crippen LogP contribution in [-0.4, -0.2) is 11.8 Å². The Labute approximate surface area is 93.9 Å². The van der Waals surface area contributed by atoms with Crippen molar-refractivity contribution in [1.82, 2.24) is 0 Å². The number of ketones is 1. The highest BCUT2D eigenvalue weighted by atomic mass is 16.1. The molecule has 0 aromatic rings. The SMILES string of the molecule is C=CCCCCCC(=O)C(N)CC(C)C. The summed E-state index contributed by atoms with van der Waals surface area (Å²) in [5, 5.41) is 0. The summed E-state index contributed by atoms with van der Waals surface area (Å²) < 4.78 is 0. The van der Waals surface area contributed by atoms with E-state index in [0.29, 0.717) is 12.3 Å². The Balaban J connectivity index is 3.51. The summed E-state index contributed by atoms with van der Waals surface area (Å²) in [6.45, 7) is 7.86. The molecular formula is C13H25NO. The van der Waals surface area contributed by atoms with Crippen molar-refractivity contribution in [1.29, 1.82) is 0 Å². The van der Waals surface area contributed by atoms with Crippen molar-refractivity contribution in [3.05, 3.63) is 12.7 Å². The van der Waals surface area contributed by atoms with E-state index in [-0.39, 0.29) is 11.8 Å². The minimum atomic E-state index is -0.246. The molecule has 0 bridgehead atoms. The number of carbonyl (C=O) groups excluding carboxylic acids is 1. The van der Waals surface area contributed by atoms with Gasteiger partial charge >= 0.3 is 0 Å². The second-order valence-electron chi connectivity index (χ2n) is 4.59. The highest BCUT2D eigenvalue weighted by Gasteiger charge is 2.13. The van der Waals surface area contributed by atoms with E-state index < -0.39 is 0 Å². The van der Waals surface area contributed by atoms with E-state index in [1.807, 2.05) is 6.08 Å². The zero-order chi connectivity index (χ0) is 11.7. The maximum atomic E-state index is 11.6. The lowest BCUT2D eigenvalue weighted by atomic mass is 9.98. The Morgan fingerprint density at radius 2 is 2.00 bits per heavy atom. The van der Waals surface area contributed by atoms with E-state index in [2.05, 4.69) is 20.4 Å². The molecule has 1 unspecified atom stereocenters. The number of allylic oxidation sites excluding steroid dienone is 1. The van der Waals surface area contributed by atoms with Crippen molar-refractivity contribution in [3.63, 3.8) is 0 Å². The molecular weight excluding hydrogens is 186 g/mol. The fourth-order valence-corrected chi connectivity index (χ4v) is 1.59. The van der Waals surface area contributed by atoms with Crippen molar-refractivity contribution >= 4 is 5.78 Å². The average molecular weight is 211 g/mol. The topological polar surface area (TPSA) is 43.1 Å². The van der Waals surface area contributed by atoms with Crippen LogP contribution in [0.5, 0.6) is 0 Å². The molecule has 0 aliphatic heterocycles. The van der Waals surface area contributed by atoms with Crippen molar-refractivity contribution in [2.24, 2.45) is 11.7 Å². The van der Waals surface area contributed by atoms with Gasteiger partial charge in [-0.05, 0) is 31.6 Å². The molecule has 0 aliphatic rings. The largest absolute Gasteiger partial charge is 0.322 e. The van der Waals surface area contributed by atoms with E-state index in [1.54, 1.807) is 0 Å². The Morgan fingerprint density at radius 1 is 1.33 bits per heavy atom. The first kappa shape index (κ1) is 14.4. The first-order valence-electron chi connectivity index (χ1n) is 5.97. The van der Waals surface area contributed by atoms with Crippen molar-refractivity contribution in [3.8, 4) is 0 Å². The molecule has 0 heterocycles. The van der Waals surface area contributed by atoms with Crippen LogP contribution in [0.2, 0.25) is 0 Å². The number of unbranched alkanes of at least 4 members (excludes halogenated alkanes) is 3. The van der Waals surface area contributed by atoms with Crippen LogP contribution in [0, 0.1) is 5.92 Å². The van der Waals surface area contributed by atoms with E-state index in [1.165, 1.54) is 0 Å². The van der Waals surface area contributed by atoms with Crippen molar-refractivity contribution in [2.75, 3.05) is 0 Å². The third-order valence-electron chi connectivity index (χ3n) is 2.47. The van der Waals surface area contributed by atoms with Crippen LogP contribution >= 0.6 is 0 Å². The quantitative estimate of drug-likeness (QED) is 0.470. The Hall–Kier alpha value is -0.630. The number of carbonyl (C=O) groups is 1. The molecule has 1 atom stereocenters. The Morgan fingerprint density at radius 3 is 2.53 bits per heavy atom. The first-order chi connectivity index (χ1) is 7.07.